The second kappa shape index (κ2) is 6.02. The molecule has 0 atom stereocenters. The molecule has 1 aromatic carbocycles. The second-order valence-electron chi connectivity index (χ2n) is 4.67. The van der Waals surface area contributed by atoms with Crippen LogP contribution in [0.15, 0.2) is 30.3 Å². The highest BCUT2D eigenvalue weighted by Crippen LogP contribution is 2.21. The molecule has 1 aliphatic heterocycles. The molecule has 0 bridgehead atoms. The molecule has 0 N–H and O–H groups in total. The zero-order chi connectivity index (χ0) is 11.2. The Morgan fingerprint density at radius 3 is 2.50 bits per heavy atom. The van der Waals surface area contributed by atoms with Crippen LogP contribution in [0.2, 0.25) is 0 Å². The Balaban J connectivity index is 1.77. The maximum atomic E-state index is 5.16. The van der Waals surface area contributed by atoms with Gasteiger partial charge in [0.25, 0.3) is 0 Å². The molecule has 2 rings (SSSR count). The molecule has 0 unspecified atom stereocenters. The lowest BCUT2D eigenvalue weighted by Crippen LogP contribution is -2.35. The van der Waals surface area contributed by atoms with Gasteiger partial charge >= 0.3 is 0 Å². The van der Waals surface area contributed by atoms with Crippen LogP contribution in [0.3, 0.4) is 0 Å². The highest BCUT2D eigenvalue weighted by Gasteiger charge is 2.18. The standard InChI is InChI=1S/C14H21NO/c1-16-12-15-9-7-14(8-10-15)11-13-5-3-2-4-6-13/h2-6,14H,7-12H2,1H3. The molecule has 1 aliphatic rings. The third kappa shape index (κ3) is 3.32. The van der Waals surface area contributed by atoms with Crippen molar-refractivity contribution >= 4 is 0 Å². The van der Waals surface area contributed by atoms with Gasteiger partial charge in [-0.05, 0) is 30.7 Å². The lowest BCUT2D eigenvalue weighted by Gasteiger charge is -2.31. The smallest absolute Gasteiger partial charge is 0.0986 e. The van der Waals surface area contributed by atoms with Crippen LogP contribution in [0.4, 0.5) is 0 Å². The van der Waals surface area contributed by atoms with E-state index in [1.165, 1.54) is 37.9 Å². The van der Waals surface area contributed by atoms with E-state index >= 15 is 0 Å². The van der Waals surface area contributed by atoms with Crippen LogP contribution >= 0.6 is 0 Å². The van der Waals surface area contributed by atoms with Crippen molar-refractivity contribution < 1.29 is 4.74 Å². The van der Waals surface area contributed by atoms with E-state index in [1.54, 1.807) is 7.11 Å². The zero-order valence-electron chi connectivity index (χ0n) is 10.1. The minimum Gasteiger partial charge on any atom is -0.369 e. The Bertz CT molecular complexity index is 291. The molecular weight excluding hydrogens is 198 g/mol. The van der Waals surface area contributed by atoms with Crippen molar-refractivity contribution in [1.29, 1.82) is 0 Å². The minimum atomic E-state index is 0.790. The van der Waals surface area contributed by atoms with Gasteiger partial charge in [-0.25, -0.2) is 0 Å². The molecule has 0 aromatic heterocycles. The van der Waals surface area contributed by atoms with E-state index in [1.807, 2.05) is 0 Å². The number of rotatable bonds is 4. The summed E-state index contributed by atoms with van der Waals surface area (Å²) in [6.07, 6.45) is 3.85. The lowest BCUT2D eigenvalue weighted by molar-refractivity contribution is 0.0395. The molecule has 16 heavy (non-hydrogen) atoms. The number of methoxy groups -OCH3 is 1. The van der Waals surface area contributed by atoms with Gasteiger partial charge in [-0.3, -0.25) is 4.90 Å². The van der Waals surface area contributed by atoms with Crippen molar-refractivity contribution in [3.8, 4) is 0 Å². The van der Waals surface area contributed by atoms with Crippen LogP contribution in [-0.2, 0) is 11.2 Å². The number of hydrogen-bond donors (Lipinski definition) is 0. The molecule has 0 saturated carbocycles. The topological polar surface area (TPSA) is 12.5 Å². The first-order chi connectivity index (χ1) is 7.88. The highest BCUT2D eigenvalue weighted by molar-refractivity contribution is 5.15. The monoisotopic (exact) mass is 219 g/mol. The first kappa shape index (κ1) is 11.6. The maximum absolute atomic E-state index is 5.16. The first-order valence-electron chi connectivity index (χ1n) is 6.13. The molecule has 0 amide bonds. The lowest BCUT2D eigenvalue weighted by atomic mass is 9.90. The summed E-state index contributed by atoms with van der Waals surface area (Å²) in [5.41, 5.74) is 1.48. The van der Waals surface area contributed by atoms with Gasteiger partial charge in [0.1, 0.15) is 0 Å². The van der Waals surface area contributed by atoms with Crippen molar-refractivity contribution in [3.05, 3.63) is 35.9 Å². The summed E-state index contributed by atoms with van der Waals surface area (Å²) < 4.78 is 5.16. The van der Waals surface area contributed by atoms with Crippen molar-refractivity contribution in [2.24, 2.45) is 5.92 Å². The Morgan fingerprint density at radius 1 is 1.19 bits per heavy atom. The van der Waals surface area contributed by atoms with Gasteiger partial charge in [0, 0.05) is 20.2 Å². The van der Waals surface area contributed by atoms with Crippen molar-refractivity contribution in [2.75, 3.05) is 26.9 Å². The van der Waals surface area contributed by atoms with Crippen LogP contribution < -0.4 is 0 Å². The first-order valence-corrected chi connectivity index (χ1v) is 6.13. The van der Waals surface area contributed by atoms with Gasteiger partial charge in [0.2, 0.25) is 0 Å². The fraction of sp³-hybridized carbons (Fsp3) is 0.571. The summed E-state index contributed by atoms with van der Waals surface area (Å²) >= 11 is 0. The average molecular weight is 219 g/mol. The molecule has 0 spiro atoms. The third-order valence-corrected chi connectivity index (χ3v) is 3.39. The molecule has 0 aliphatic carbocycles. The van der Waals surface area contributed by atoms with E-state index in [9.17, 15) is 0 Å². The Kier molecular flexibility index (Phi) is 4.37. The number of likely N-dealkylation sites (tertiary alicyclic amines) is 1. The normalized spacial score (nSPS) is 18.8. The van der Waals surface area contributed by atoms with Gasteiger partial charge in [-0.2, -0.15) is 0 Å². The summed E-state index contributed by atoms with van der Waals surface area (Å²) in [6, 6.07) is 10.8. The Hall–Kier alpha value is -0.860. The summed E-state index contributed by atoms with van der Waals surface area (Å²) in [5.74, 6) is 0.857. The fourth-order valence-electron chi connectivity index (χ4n) is 2.45. The van der Waals surface area contributed by atoms with Gasteiger partial charge in [0.15, 0.2) is 0 Å². The SMILES string of the molecule is COCN1CCC(Cc2ccccc2)CC1. The fourth-order valence-corrected chi connectivity index (χ4v) is 2.45. The van der Waals surface area contributed by atoms with Crippen molar-refractivity contribution in [1.82, 2.24) is 4.90 Å². The van der Waals surface area contributed by atoms with Crippen LogP contribution in [0.25, 0.3) is 0 Å². The van der Waals surface area contributed by atoms with Crippen LogP contribution in [-0.4, -0.2) is 31.8 Å². The highest BCUT2D eigenvalue weighted by atomic mass is 16.5. The molecule has 1 aromatic rings. The summed E-state index contributed by atoms with van der Waals surface area (Å²) in [5, 5.41) is 0. The second-order valence-corrected chi connectivity index (χ2v) is 4.67. The third-order valence-electron chi connectivity index (χ3n) is 3.39. The largest absolute Gasteiger partial charge is 0.369 e. The molecule has 1 fully saturated rings. The predicted molar refractivity (Wildman–Crippen MR) is 66.3 cm³/mol. The van der Waals surface area contributed by atoms with E-state index < -0.39 is 0 Å². The maximum Gasteiger partial charge on any atom is 0.0986 e. The minimum absolute atomic E-state index is 0.790. The molecule has 1 heterocycles. The van der Waals surface area contributed by atoms with Gasteiger partial charge in [0.05, 0.1) is 6.73 Å². The number of benzene rings is 1. The molecule has 2 nitrogen and oxygen atoms in total. The van der Waals surface area contributed by atoms with Crippen LogP contribution in [0.5, 0.6) is 0 Å². The van der Waals surface area contributed by atoms with Gasteiger partial charge in [-0.15, -0.1) is 0 Å². The summed E-state index contributed by atoms with van der Waals surface area (Å²) in [4.78, 5) is 2.39. The molecular formula is C14H21NO. The molecule has 88 valence electrons. The predicted octanol–water partition coefficient (Wildman–Crippen LogP) is 2.55. The Labute approximate surface area is 98.2 Å². The van der Waals surface area contributed by atoms with Gasteiger partial charge < -0.3 is 4.74 Å². The number of piperidine rings is 1. The number of ether oxygens (including phenoxy) is 1. The summed E-state index contributed by atoms with van der Waals surface area (Å²) in [7, 11) is 1.77. The van der Waals surface area contributed by atoms with E-state index in [2.05, 4.69) is 35.2 Å². The number of hydrogen-bond acceptors (Lipinski definition) is 2. The van der Waals surface area contributed by atoms with E-state index in [4.69, 9.17) is 4.74 Å². The van der Waals surface area contributed by atoms with E-state index in [0.29, 0.717) is 0 Å². The van der Waals surface area contributed by atoms with Gasteiger partial charge in [-0.1, -0.05) is 30.3 Å². The van der Waals surface area contributed by atoms with E-state index in [0.717, 1.165) is 12.6 Å². The van der Waals surface area contributed by atoms with E-state index in [-0.39, 0.29) is 0 Å². The Morgan fingerprint density at radius 2 is 1.88 bits per heavy atom. The molecule has 2 heteroatoms. The summed E-state index contributed by atoms with van der Waals surface area (Å²) in [6.45, 7) is 3.16. The molecule has 0 radical (unpaired) electrons. The zero-order valence-corrected chi connectivity index (χ0v) is 10.1. The quantitative estimate of drug-likeness (QED) is 0.771. The average Bonchev–Trinajstić information content (AvgIpc) is 2.33. The van der Waals surface area contributed by atoms with Crippen LogP contribution in [0.1, 0.15) is 18.4 Å². The van der Waals surface area contributed by atoms with Crippen molar-refractivity contribution in [2.45, 2.75) is 19.3 Å². The van der Waals surface area contributed by atoms with Crippen LogP contribution in [0, 0.1) is 5.92 Å². The molecule has 1 saturated heterocycles. The number of nitrogens with zero attached hydrogens (tertiary/aromatic N) is 1. The van der Waals surface area contributed by atoms with Crippen molar-refractivity contribution in [3.63, 3.8) is 0 Å².